The van der Waals surface area contributed by atoms with Gasteiger partial charge in [0.05, 0.1) is 12.8 Å². The lowest BCUT2D eigenvalue weighted by Gasteiger charge is -2.44. The number of rotatable bonds is 11. The van der Waals surface area contributed by atoms with Gasteiger partial charge in [0.25, 0.3) is 5.91 Å². The Hall–Kier alpha value is -2.32. The van der Waals surface area contributed by atoms with E-state index >= 15 is 0 Å². The maximum atomic E-state index is 13.2. The number of carboxylic acids is 1. The van der Waals surface area contributed by atoms with Gasteiger partial charge in [-0.2, -0.15) is 0 Å². The summed E-state index contributed by atoms with van der Waals surface area (Å²) in [6.07, 6.45) is -8.50. The summed E-state index contributed by atoms with van der Waals surface area (Å²) in [5.74, 6) is -2.94. The van der Waals surface area contributed by atoms with Crippen LogP contribution in [0.15, 0.2) is 0 Å². The minimum atomic E-state index is -1.79. The van der Waals surface area contributed by atoms with E-state index in [2.05, 4.69) is 5.32 Å². The smallest absolute Gasteiger partial charge is 0.306 e. The van der Waals surface area contributed by atoms with Crippen LogP contribution < -0.4 is 5.32 Å². The molecule has 2 rings (SSSR count). The van der Waals surface area contributed by atoms with Crippen molar-refractivity contribution in [3.8, 4) is 0 Å². The summed E-state index contributed by atoms with van der Waals surface area (Å²) in [7, 11) is 0. The van der Waals surface area contributed by atoms with Crippen molar-refractivity contribution in [2.45, 2.75) is 96.2 Å². The van der Waals surface area contributed by atoms with Gasteiger partial charge >= 0.3 is 11.9 Å². The summed E-state index contributed by atoms with van der Waals surface area (Å²) < 4.78 is 10.4. The maximum absolute atomic E-state index is 13.2. The first-order valence-electron chi connectivity index (χ1n) is 11.7. The fraction of sp³-hybridized carbons (Fsp3) is 0.818. The van der Waals surface area contributed by atoms with Crippen molar-refractivity contribution >= 4 is 23.8 Å². The van der Waals surface area contributed by atoms with Crippen molar-refractivity contribution in [3.63, 3.8) is 0 Å². The molecule has 2 fully saturated rings. The van der Waals surface area contributed by atoms with Crippen LogP contribution in [-0.2, 0) is 33.5 Å². The Labute approximate surface area is 203 Å². The van der Waals surface area contributed by atoms with Crippen LogP contribution in [0.1, 0.15) is 53.4 Å². The van der Waals surface area contributed by atoms with E-state index in [4.69, 9.17) is 19.4 Å². The second-order valence-electron chi connectivity index (χ2n) is 9.70. The van der Waals surface area contributed by atoms with Gasteiger partial charge in [-0.05, 0) is 24.7 Å². The molecule has 0 spiro atoms. The van der Waals surface area contributed by atoms with Crippen molar-refractivity contribution in [1.82, 2.24) is 10.4 Å². The van der Waals surface area contributed by atoms with Crippen LogP contribution >= 0.6 is 0 Å². The Morgan fingerprint density at radius 3 is 2.20 bits per heavy atom. The average Bonchev–Trinajstić information content (AvgIpc) is 2.76. The summed E-state index contributed by atoms with van der Waals surface area (Å²) in [6.45, 7) is 6.93. The van der Waals surface area contributed by atoms with E-state index in [0.29, 0.717) is 6.42 Å². The molecule has 200 valence electrons. The number of piperazine rings is 1. The molecule has 7 atom stereocenters. The first kappa shape index (κ1) is 28.9. The Bertz CT molecular complexity index is 775. The van der Waals surface area contributed by atoms with E-state index in [0.717, 1.165) is 5.06 Å². The van der Waals surface area contributed by atoms with Crippen LogP contribution in [0.5, 0.6) is 0 Å². The van der Waals surface area contributed by atoms with Crippen molar-refractivity contribution in [3.05, 3.63) is 0 Å². The maximum Gasteiger partial charge on any atom is 0.306 e. The minimum absolute atomic E-state index is 0.00821. The van der Waals surface area contributed by atoms with Crippen LogP contribution in [0.4, 0.5) is 0 Å². The zero-order valence-corrected chi connectivity index (χ0v) is 20.3. The molecule has 0 saturated carbocycles. The summed E-state index contributed by atoms with van der Waals surface area (Å²) in [5, 5.41) is 43.2. The molecule has 0 aromatic heterocycles. The fourth-order valence-electron chi connectivity index (χ4n) is 3.86. The van der Waals surface area contributed by atoms with E-state index in [-0.39, 0.29) is 18.3 Å². The number of nitrogens with one attached hydrogen (secondary N) is 1. The predicted molar refractivity (Wildman–Crippen MR) is 117 cm³/mol. The van der Waals surface area contributed by atoms with Crippen LogP contribution in [0.2, 0.25) is 0 Å². The number of ether oxygens (including phenoxy) is 2. The topological polar surface area (TPSA) is 192 Å². The molecule has 0 bridgehead atoms. The number of aliphatic hydroxyl groups excluding tert-OH is 3. The zero-order valence-electron chi connectivity index (χ0n) is 20.3. The van der Waals surface area contributed by atoms with Crippen molar-refractivity contribution in [2.24, 2.45) is 11.8 Å². The molecule has 0 radical (unpaired) electrons. The Morgan fingerprint density at radius 1 is 1.00 bits per heavy atom. The second-order valence-corrected chi connectivity index (χ2v) is 9.70. The van der Waals surface area contributed by atoms with Gasteiger partial charge in [-0.3, -0.25) is 19.2 Å². The standard InChI is InChI=1S/C22H36N2O11/c1-10(2)7-12-21(32)24(13(8-11(3)4)20(31)23-12)35-22-19(30)18(29)17(28)14(34-22)9-33-16(27)6-5-15(25)26/h10-14,17-19,22,28-30H,5-9H2,1-4H3,(H,23,31)(H,25,26)/t12?,13?,14-,17-,18+,19-,22+/m1/s1. The van der Waals surface area contributed by atoms with Gasteiger partial charge in [0.2, 0.25) is 12.2 Å². The van der Waals surface area contributed by atoms with Crippen molar-refractivity contribution < 1.29 is 53.9 Å². The van der Waals surface area contributed by atoms with E-state index in [1.807, 2.05) is 27.7 Å². The number of hydrogen-bond acceptors (Lipinski definition) is 10. The monoisotopic (exact) mass is 504 g/mol. The molecule has 2 aliphatic rings. The van der Waals surface area contributed by atoms with Crippen LogP contribution in [0, 0.1) is 11.8 Å². The van der Waals surface area contributed by atoms with Crippen LogP contribution in [0.25, 0.3) is 0 Å². The molecule has 2 saturated heterocycles. The average molecular weight is 505 g/mol. The highest BCUT2D eigenvalue weighted by atomic mass is 16.8. The number of hydrogen-bond donors (Lipinski definition) is 5. The lowest BCUT2D eigenvalue weighted by Crippen LogP contribution is -2.67. The fourth-order valence-corrected chi connectivity index (χ4v) is 3.86. The van der Waals surface area contributed by atoms with E-state index in [1.54, 1.807) is 0 Å². The Balaban J connectivity index is 2.17. The molecule has 0 aromatic rings. The number of amides is 2. The Kier molecular flexibility index (Phi) is 10.4. The molecule has 35 heavy (non-hydrogen) atoms. The van der Waals surface area contributed by atoms with Gasteiger partial charge in [0.1, 0.15) is 43.1 Å². The first-order chi connectivity index (χ1) is 16.3. The summed E-state index contributed by atoms with van der Waals surface area (Å²) in [4.78, 5) is 53.9. The largest absolute Gasteiger partial charge is 0.481 e. The molecule has 5 N–H and O–H groups in total. The lowest BCUT2D eigenvalue weighted by molar-refractivity contribution is -0.359. The highest BCUT2D eigenvalue weighted by Crippen LogP contribution is 2.27. The number of aliphatic hydroxyl groups is 3. The van der Waals surface area contributed by atoms with Crippen LogP contribution in [-0.4, -0.2) is 98.6 Å². The number of carbonyl (C=O) groups excluding carboxylic acids is 3. The number of nitrogens with zero attached hydrogens (tertiary/aromatic N) is 1. The van der Waals surface area contributed by atoms with Gasteiger partial charge in [-0.15, -0.1) is 0 Å². The number of esters is 1. The number of aliphatic carboxylic acids is 1. The number of hydroxylamine groups is 2. The lowest BCUT2D eigenvalue weighted by atomic mass is 9.96. The summed E-state index contributed by atoms with van der Waals surface area (Å²) in [5.41, 5.74) is 0. The molecule has 2 heterocycles. The predicted octanol–water partition coefficient (Wildman–Crippen LogP) is -1.08. The number of carboxylic acid groups (broad SMARTS) is 1. The molecular formula is C22H36N2O11. The summed E-state index contributed by atoms with van der Waals surface area (Å²) in [6, 6.07) is -1.87. The van der Waals surface area contributed by atoms with Gasteiger partial charge in [0, 0.05) is 0 Å². The Morgan fingerprint density at radius 2 is 1.63 bits per heavy atom. The molecule has 0 aromatic carbocycles. The van der Waals surface area contributed by atoms with Crippen LogP contribution in [0.3, 0.4) is 0 Å². The first-order valence-corrected chi connectivity index (χ1v) is 11.7. The molecule has 0 aliphatic carbocycles. The van der Waals surface area contributed by atoms with Crippen molar-refractivity contribution in [2.75, 3.05) is 6.61 Å². The molecule has 13 heteroatoms. The highest BCUT2D eigenvalue weighted by molar-refractivity contribution is 5.96. The normalized spacial score (nSPS) is 31.6. The second kappa shape index (κ2) is 12.6. The molecular weight excluding hydrogens is 468 g/mol. The SMILES string of the molecule is CC(C)CC1NC(=O)C(CC(C)C)N(O[C@@H]2O[C@H](COC(=O)CCC(=O)O)[C@@H](O)[C@H](O)[C@H]2O)C1=O. The zero-order chi connectivity index (χ0) is 26.4. The quantitative estimate of drug-likeness (QED) is 0.215. The van der Waals surface area contributed by atoms with E-state index < -0.39 is 86.0 Å². The molecule has 2 amide bonds. The third kappa shape index (κ3) is 7.84. The minimum Gasteiger partial charge on any atom is -0.481 e. The van der Waals surface area contributed by atoms with Gasteiger partial charge in [-0.25, -0.2) is 9.90 Å². The third-order valence-corrected chi connectivity index (χ3v) is 5.66. The third-order valence-electron chi connectivity index (χ3n) is 5.66. The molecule has 2 aliphatic heterocycles. The number of carbonyl (C=O) groups is 4. The summed E-state index contributed by atoms with van der Waals surface area (Å²) >= 11 is 0. The van der Waals surface area contributed by atoms with Gasteiger partial charge < -0.3 is 35.2 Å². The van der Waals surface area contributed by atoms with E-state index in [1.165, 1.54) is 0 Å². The molecule has 2 unspecified atom stereocenters. The highest BCUT2D eigenvalue weighted by Gasteiger charge is 2.49. The molecule has 13 nitrogen and oxygen atoms in total. The van der Waals surface area contributed by atoms with Crippen molar-refractivity contribution in [1.29, 1.82) is 0 Å². The van der Waals surface area contributed by atoms with Gasteiger partial charge in [0.15, 0.2) is 0 Å². The van der Waals surface area contributed by atoms with Gasteiger partial charge in [-0.1, -0.05) is 27.7 Å². The van der Waals surface area contributed by atoms with E-state index in [9.17, 15) is 34.5 Å².